The fraction of sp³-hybridized carbons (Fsp3) is 0.214. The molecule has 0 saturated heterocycles. The number of esters is 1. The molecule has 0 spiro atoms. The summed E-state index contributed by atoms with van der Waals surface area (Å²) in [5.74, 6) is 2.13. The molecule has 0 N–H and O–H groups in total. The van der Waals surface area contributed by atoms with Crippen molar-refractivity contribution in [3.8, 4) is 17.2 Å². The van der Waals surface area contributed by atoms with Crippen molar-refractivity contribution < 1.29 is 23.4 Å². The van der Waals surface area contributed by atoms with Crippen LogP contribution >= 0.6 is 0 Å². The molecule has 0 saturated carbocycles. The van der Waals surface area contributed by atoms with Crippen LogP contribution in [0.2, 0.25) is 0 Å². The molecule has 0 amide bonds. The van der Waals surface area contributed by atoms with Crippen molar-refractivity contribution in [1.82, 2.24) is 0 Å². The van der Waals surface area contributed by atoms with Crippen LogP contribution in [0.1, 0.15) is 23.7 Å². The predicted molar refractivity (Wildman–Crippen MR) is 63.4 cm³/mol. The lowest BCUT2D eigenvalue weighted by molar-refractivity contribution is -0.135. The van der Waals surface area contributed by atoms with Crippen LogP contribution < -0.4 is 14.2 Å². The fourth-order valence-electron chi connectivity index (χ4n) is 2.48. The molecule has 96 valence electrons. The molecule has 3 heterocycles. The zero-order valence-corrected chi connectivity index (χ0v) is 9.92. The lowest BCUT2D eigenvalue weighted by Gasteiger charge is -2.23. The molecular weight excluding hydrogens is 248 g/mol. The van der Waals surface area contributed by atoms with E-state index in [9.17, 15) is 4.79 Å². The first kappa shape index (κ1) is 10.5. The summed E-state index contributed by atoms with van der Waals surface area (Å²) in [6.07, 6.45) is 1.86. The SMILES string of the molecule is O=C1CC(c2ccco2)c2cc3c(cc2O1)OCO3. The standard InChI is InChI=1S/C14H10O5/c15-14-5-9(10-2-1-3-16-10)8-4-12-13(18-7-17-12)6-11(8)19-14/h1-4,6,9H,5,7H2. The van der Waals surface area contributed by atoms with Gasteiger partial charge in [0, 0.05) is 11.6 Å². The van der Waals surface area contributed by atoms with E-state index >= 15 is 0 Å². The number of benzene rings is 1. The Morgan fingerprint density at radius 1 is 1.11 bits per heavy atom. The topological polar surface area (TPSA) is 57.9 Å². The number of carbonyl (C=O) groups excluding carboxylic acids is 1. The fourth-order valence-corrected chi connectivity index (χ4v) is 2.48. The van der Waals surface area contributed by atoms with Crippen molar-refractivity contribution in [3.63, 3.8) is 0 Å². The van der Waals surface area contributed by atoms with E-state index in [1.807, 2.05) is 18.2 Å². The molecule has 1 aromatic heterocycles. The van der Waals surface area contributed by atoms with Gasteiger partial charge >= 0.3 is 5.97 Å². The van der Waals surface area contributed by atoms with Gasteiger partial charge in [-0.05, 0) is 18.2 Å². The highest BCUT2D eigenvalue weighted by Gasteiger charge is 2.32. The molecule has 5 nitrogen and oxygen atoms in total. The summed E-state index contributed by atoms with van der Waals surface area (Å²) in [6.45, 7) is 0.192. The second kappa shape index (κ2) is 3.78. The van der Waals surface area contributed by atoms with Gasteiger partial charge in [-0.2, -0.15) is 0 Å². The van der Waals surface area contributed by atoms with Crippen LogP contribution in [-0.4, -0.2) is 12.8 Å². The minimum atomic E-state index is -0.271. The average molecular weight is 258 g/mol. The average Bonchev–Trinajstić information content (AvgIpc) is 3.06. The van der Waals surface area contributed by atoms with Crippen molar-refractivity contribution in [2.24, 2.45) is 0 Å². The van der Waals surface area contributed by atoms with Crippen molar-refractivity contribution in [3.05, 3.63) is 41.9 Å². The Hall–Kier alpha value is -2.43. The second-order valence-corrected chi connectivity index (χ2v) is 4.49. The molecule has 0 bridgehead atoms. The minimum absolute atomic E-state index is 0.138. The quantitative estimate of drug-likeness (QED) is 0.581. The Labute approximate surface area is 108 Å². The lowest BCUT2D eigenvalue weighted by atomic mass is 9.90. The highest BCUT2D eigenvalue weighted by Crippen LogP contribution is 2.45. The van der Waals surface area contributed by atoms with Gasteiger partial charge in [0.1, 0.15) is 11.5 Å². The van der Waals surface area contributed by atoms with Gasteiger partial charge in [-0.15, -0.1) is 0 Å². The summed E-state index contributed by atoms with van der Waals surface area (Å²) in [5, 5.41) is 0. The molecule has 0 aliphatic carbocycles. The van der Waals surface area contributed by atoms with Gasteiger partial charge in [-0.3, -0.25) is 4.79 Å². The van der Waals surface area contributed by atoms with Crippen LogP contribution in [0.15, 0.2) is 34.9 Å². The molecule has 1 aromatic carbocycles. The van der Waals surface area contributed by atoms with E-state index in [1.165, 1.54) is 0 Å². The first-order valence-corrected chi connectivity index (χ1v) is 5.99. The number of hydrogen-bond donors (Lipinski definition) is 0. The van der Waals surface area contributed by atoms with Crippen LogP contribution in [0.25, 0.3) is 0 Å². The van der Waals surface area contributed by atoms with Gasteiger partial charge in [0.2, 0.25) is 6.79 Å². The molecule has 4 rings (SSSR count). The third kappa shape index (κ3) is 1.58. The number of carbonyl (C=O) groups is 1. The molecule has 1 atom stereocenters. The van der Waals surface area contributed by atoms with Crippen molar-refractivity contribution in [2.75, 3.05) is 6.79 Å². The van der Waals surface area contributed by atoms with Crippen molar-refractivity contribution in [1.29, 1.82) is 0 Å². The van der Waals surface area contributed by atoms with E-state index in [2.05, 4.69) is 0 Å². The summed E-state index contributed by atoms with van der Waals surface area (Å²) < 4.78 is 21.3. The molecule has 2 aromatic rings. The third-order valence-electron chi connectivity index (χ3n) is 3.36. The Morgan fingerprint density at radius 3 is 2.74 bits per heavy atom. The monoisotopic (exact) mass is 258 g/mol. The molecule has 0 fully saturated rings. The number of furan rings is 1. The van der Waals surface area contributed by atoms with E-state index in [1.54, 1.807) is 12.3 Å². The Bertz CT molecular complexity index is 644. The summed E-state index contributed by atoms with van der Waals surface area (Å²) in [7, 11) is 0. The first-order chi connectivity index (χ1) is 9.31. The van der Waals surface area contributed by atoms with Crippen molar-refractivity contribution >= 4 is 5.97 Å². The molecule has 1 unspecified atom stereocenters. The zero-order valence-electron chi connectivity index (χ0n) is 9.92. The molecular formula is C14H10O5. The summed E-state index contributed by atoms with van der Waals surface area (Å²) in [5.41, 5.74) is 0.888. The molecule has 19 heavy (non-hydrogen) atoms. The van der Waals surface area contributed by atoms with Crippen LogP contribution in [0.3, 0.4) is 0 Å². The van der Waals surface area contributed by atoms with Gasteiger partial charge in [0.25, 0.3) is 0 Å². The van der Waals surface area contributed by atoms with Gasteiger partial charge in [-0.1, -0.05) is 0 Å². The number of ether oxygens (including phenoxy) is 3. The normalized spacial score (nSPS) is 20.0. The van der Waals surface area contributed by atoms with Gasteiger partial charge in [-0.25, -0.2) is 0 Å². The number of fused-ring (bicyclic) bond motifs is 2. The summed E-state index contributed by atoms with van der Waals surface area (Å²) >= 11 is 0. The third-order valence-corrected chi connectivity index (χ3v) is 3.36. The summed E-state index contributed by atoms with van der Waals surface area (Å²) in [6, 6.07) is 7.22. The van der Waals surface area contributed by atoms with E-state index in [0.717, 1.165) is 11.3 Å². The van der Waals surface area contributed by atoms with Crippen LogP contribution in [0.4, 0.5) is 0 Å². The maximum Gasteiger partial charge on any atom is 0.312 e. The van der Waals surface area contributed by atoms with Gasteiger partial charge < -0.3 is 18.6 Å². The highest BCUT2D eigenvalue weighted by atomic mass is 16.7. The molecule has 0 radical (unpaired) electrons. The van der Waals surface area contributed by atoms with E-state index < -0.39 is 0 Å². The molecule has 5 heteroatoms. The van der Waals surface area contributed by atoms with Crippen LogP contribution in [-0.2, 0) is 4.79 Å². The highest BCUT2D eigenvalue weighted by molar-refractivity contribution is 5.78. The molecule has 2 aliphatic rings. The first-order valence-electron chi connectivity index (χ1n) is 5.99. The maximum atomic E-state index is 11.7. The van der Waals surface area contributed by atoms with Gasteiger partial charge in [0.05, 0.1) is 18.6 Å². The molecule has 2 aliphatic heterocycles. The van der Waals surface area contributed by atoms with E-state index in [0.29, 0.717) is 17.2 Å². The van der Waals surface area contributed by atoms with Crippen LogP contribution in [0.5, 0.6) is 17.2 Å². The van der Waals surface area contributed by atoms with Crippen molar-refractivity contribution in [2.45, 2.75) is 12.3 Å². The largest absolute Gasteiger partial charge is 0.469 e. The maximum absolute atomic E-state index is 11.7. The van der Waals surface area contributed by atoms with Crippen LogP contribution in [0, 0.1) is 0 Å². The Kier molecular flexibility index (Phi) is 2.09. The Balaban J connectivity index is 1.87. The zero-order chi connectivity index (χ0) is 12.8. The number of hydrogen-bond acceptors (Lipinski definition) is 5. The summed E-state index contributed by atoms with van der Waals surface area (Å²) in [4.78, 5) is 11.7. The predicted octanol–water partition coefficient (Wildman–Crippen LogP) is 2.45. The Morgan fingerprint density at radius 2 is 1.95 bits per heavy atom. The van der Waals surface area contributed by atoms with E-state index in [4.69, 9.17) is 18.6 Å². The van der Waals surface area contributed by atoms with E-state index in [-0.39, 0.29) is 25.1 Å². The minimum Gasteiger partial charge on any atom is -0.469 e. The van der Waals surface area contributed by atoms with Gasteiger partial charge in [0.15, 0.2) is 11.5 Å². The smallest absolute Gasteiger partial charge is 0.312 e. The number of rotatable bonds is 1. The second-order valence-electron chi connectivity index (χ2n) is 4.49. The lowest BCUT2D eigenvalue weighted by Crippen LogP contribution is -2.20.